The normalized spacial score (nSPS) is 10.2. The fourth-order valence-electron chi connectivity index (χ4n) is 1.84. The van der Waals surface area contributed by atoms with Gasteiger partial charge >= 0.3 is 0 Å². The van der Waals surface area contributed by atoms with Gasteiger partial charge in [-0.05, 0) is 31.9 Å². The number of nitrogens with one attached hydrogen (secondary N) is 1. The Morgan fingerprint density at radius 1 is 1.22 bits per heavy atom. The molecule has 4 nitrogen and oxygen atoms in total. The first-order valence-electron chi connectivity index (χ1n) is 6.72. The van der Waals surface area contributed by atoms with Gasteiger partial charge in [-0.3, -0.25) is 4.79 Å². The maximum Gasteiger partial charge on any atom is 0.255 e. The maximum atomic E-state index is 12.3. The maximum absolute atomic E-state index is 12.3. The number of amides is 1. The molecule has 100 valence electrons. The van der Waals surface area contributed by atoms with Gasteiger partial charge in [0.1, 0.15) is 5.82 Å². The van der Waals surface area contributed by atoms with Crippen LogP contribution in [0.15, 0.2) is 18.3 Å². The van der Waals surface area contributed by atoms with Gasteiger partial charge in [-0.2, -0.15) is 0 Å². The zero-order valence-corrected chi connectivity index (χ0v) is 11.6. The standard InChI is InChI=1S/C14H23N3O/c1-4-9-17(10-5-2)14(18)12-7-8-13(15-6-3)16-11-12/h7-8,11H,4-6,9-10H2,1-3H3,(H,15,16). The van der Waals surface area contributed by atoms with Gasteiger partial charge in [-0.15, -0.1) is 0 Å². The van der Waals surface area contributed by atoms with E-state index in [4.69, 9.17) is 0 Å². The van der Waals surface area contributed by atoms with Crippen LogP contribution in [-0.2, 0) is 0 Å². The third-order valence-electron chi connectivity index (χ3n) is 2.64. The molecule has 0 saturated heterocycles. The van der Waals surface area contributed by atoms with Gasteiger partial charge < -0.3 is 10.2 Å². The number of anilines is 1. The highest BCUT2D eigenvalue weighted by Crippen LogP contribution is 2.09. The van der Waals surface area contributed by atoms with Crippen LogP contribution in [0.1, 0.15) is 44.0 Å². The number of carbonyl (C=O) groups excluding carboxylic acids is 1. The van der Waals surface area contributed by atoms with Crippen LogP contribution in [0.5, 0.6) is 0 Å². The quantitative estimate of drug-likeness (QED) is 0.808. The SMILES string of the molecule is CCCN(CCC)C(=O)c1ccc(NCC)nc1. The minimum atomic E-state index is 0.0780. The van der Waals surface area contributed by atoms with Crippen molar-refractivity contribution in [1.29, 1.82) is 0 Å². The van der Waals surface area contributed by atoms with Gasteiger partial charge in [-0.25, -0.2) is 4.98 Å². The number of rotatable bonds is 7. The second kappa shape index (κ2) is 7.69. The van der Waals surface area contributed by atoms with E-state index in [1.807, 2.05) is 24.0 Å². The molecule has 1 N–H and O–H groups in total. The molecular formula is C14H23N3O. The van der Waals surface area contributed by atoms with E-state index in [2.05, 4.69) is 24.1 Å². The molecule has 0 saturated carbocycles. The van der Waals surface area contributed by atoms with E-state index in [-0.39, 0.29) is 5.91 Å². The van der Waals surface area contributed by atoms with Crippen molar-refractivity contribution in [3.05, 3.63) is 23.9 Å². The van der Waals surface area contributed by atoms with Crippen molar-refractivity contribution in [1.82, 2.24) is 9.88 Å². The smallest absolute Gasteiger partial charge is 0.255 e. The molecule has 1 rings (SSSR count). The minimum absolute atomic E-state index is 0.0780. The van der Waals surface area contributed by atoms with Crippen molar-refractivity contribution >= 4 is 11.7 Å². The fraction of sp³-hybridized carbons (Fsp3) is 0.571. The summed E-state index contributed by atoms with van der Waals surface area (Å²) in [5.41, 5.74) is 0.665. The van der Waals surface area contributed by atoms with Gasteiger partial charge in [0.05, 0.1) is 5.56 Å². The van der Waals surface area contributed by atoms with Crippen LogP contribution in [0.2, 0.25) is 0 Å². The van der Waals surface area contributed by atoms with Crippen LogP contribution < -0.4 is 5.32 Å². The first-order valence-corrected chi connectivity index (χ1v) is 6.72. The van der Waals surface area contributed by atoms with E-state index in [9.17, 15) is 4.79 Å². The van der Waals surface area contributed by atoms with Crippen molar-refractivity contribution in [3.8, 4) is 0 Å². The van der Waals surface area contributed by atoms with E-state index >= 15 is 0 Å². The van der Waals surface area contributed by atoms with Crippen molar-refractivity contribution < 1.29 is 4.79 Å². The van der Waals surface area contributed by atoms with Crippen molar-refractivity contribution in [2.24, 2.45) is 0 Å². The average Bonchev–Trinajstić information content (AvgIpc) is 2.39. The van der Waals surface area contributed by atoms with Crippen LogP contribution in [0.3, 0.4) is 0 Å². The highest BCUT2D eigenvalue weighted by Gasteiger charge is 2.14. The Labute approximate surface area is 109 Å². The average molecular weight is 249 g/mol. The third kappa shape index (κ3) is 4.02. The number of carbonyl (C=O) groups is 1. The van der Waals surface area contributed by atoms with Crippen molar-refractivity contribution in [3.63, 3.8) is 0 Å². The Balaban J connectivity index is 2.74. The summed E-state index contributed by atoms with van der Waals surface area (Å²) in [5, 5.41) is 3.12. The predicted octanol–water partition coefficient (Wildman–Crippen LogP) is 2.78. The zero-order chi connectivity index (χ0) is 13.4. The molecule has 1 aromatic heterocycles. The Morgan fingerprint density at radius 2 is 1.89 bits per heavy atom. The van der Waals surface area contributed by atoms with E-state index in [0.717, 1.165) is 38.3 Å². The van der Waals surface area contributed by atoms with Gasteiger partial charge in [0.25, 0.3) is 5.91 Å². The lowest BCUT2D eigenvalue weighted by molar-refractivity contribution is 0.0755. The van der Waals surface area contributed by atoms with Crippen LogP contribution in [0.4, 0.5) is 5.82 Å². The van der Waals surface area contributed by atoms with E-state index in [1.54, 1.807) is 6.20 Å². The van der Waals surface area contributed by atoms with E-state index in [0.29, 0.717) is 5.56 Å². The molecule has 1 aromatic rings. The summed E-state index contributed by atoms with van der Waals surface area (Å²) in [5.74, 6) is 0.890. The molecule has 0 spiro atoms. The Bertz CT molecular complexity index is 356. The molecule has 1 amide bonds. The molecule has 0 fully saturated rings. The molecule has 0 aromatic carbocycles. The van der Waals surface area contributed by atoms with Crippen LogP contribution in [0, 0.1) is 0 Å². The topological polar surface area (TPSA) is 45.2 Å². The molecule has 1 heterocycles. The first-order chi connectivity index (χ1) is 8.72. The lowest BCUT2D eigenvalue weighted by Crippen LogP contribution is -2.32. The summed E-state index contributed by atoms with van der Waals surface area (Å²) in [6, 6.07) is 3.69. The molecule has 0 atom stereocenters. The highest BCUT2D eigenvalue weighted by atomic mass is 16.2. The molecule has 0 bridgehead atoms. The molecule has 18 heavy (non-hydrogen) atoms. The monoisotopic (exact) mass is 249 g/mol. The zero-order valence-electron chi connectivity index (χ0n) is 11.6. The number of hydrogen-bond acceptors (Lipinski definition) is 3. The summed E-state index contributed by atoms with van der Waals surface area (Å²) in [7, 11) is 0. The molecule has 0 aliphatic heterocycles. The van der Waals surface area contributed by atoms with Crippen molar-refractivity contribution in [2.45, 2.75) is 33.6 Å². The summed E-state index contributed by atoms with van der Waals surface area (Å²) < 4.78 is 0. The first kappa shape index (κ1) is 14.5. The Hall–Kier alpha value is -1.58. The summed E-state index contributed by atoms with van der Waals surface area (Å²) in [4.78, 5) is 18.4. The number of nitrogens with zero attached hydrogens (tertiary/aromatic N) is 2. The van der Waals surface area contributed by atoms with E-state index < -0.39 is 0 Å². The largest absolute Gasteiger partial charge is 0.370 e. The lowest BCUT2D eigenvalue weighted by Gasteiger charge is -2.21. The molecule has 0 aliphatic rings. The van der Waals surface area contributed by atoms with Gasteiger partial charge in [0.15, 0.2) is 0 Å². The lowest BCUT2D eigenvalue weighted by atomic mass is 10.2. The number of pyridine rings is 1. The van der Waals surface area contributed by atoms with Gasteiger partial charge in [0, 0.05) is 25.8 Å². The van der Waals surface area contributed by atoms with Crippen molar-refractivity contribution in [2.75, 3.05) is 25.0 Å². The molecule has 0 radical (unpaired) electrons. The minimum Gasteiger partial charge on any atom is -0.370 e. The van der Waals surface area contributed by atoms with E-state index in [1.165, 1.54) is 0 Å². The number of aromatic nitrogens is 1. The molecule has 4 heteroatoms. The number of hydrogen-bond donors (Lipinski definition) is 1. The second-order valence-corrected chi connectivity index (χ2v) is 4.25. The summed E-state index contributed by atoms with van der Waals surface area (Å²) >= 11 is 0. The second-order valence-electron chi connectivity index (χ2n) is 4.25. The third-order valence-corrected chi connectivity index (χ3v) is 2.64. The highest BCUT2D eigenvalue weighted by molar-refractivity contribution is 5.94. The Morgan fingerprint density at radius 3 is 2.33 bits per heavy atom. The van der Waals surface area contributed by atoms with Crippen LogP contribution in [-0.4, -0.2) is 35.4 Å². The Kier molecular flexibility index (Phi) is 6.19. The molecule has 0 unspecified atom stereocenters. The predicted molar refractivity (Wildman–Crippen MR) is 74.9 cm³/mol. The van der Waals surface area contributed by atoms with Crippen LogP contribution >= 0.6 is 0 Å². The van der Waals surface area contributed by atoms with Gasteiger partial charge in [-0.1, -0.05) is 13.8 Å². The summed E-state index contributed by atoms with van der Waals surface area (Å²) in [6.07, 6.45) is 3.61. The molecular weight excluding hydrogens is 226 g/mol. The fourth-order valence-corrected chi connectivity index (χ4v) is 1.84. The molecule has 0 aliphatic carbocycles. The van der Waals surface area contributed by atoms with Crippen LogP contribution in [0.25, 0.3) is 0 Å². The van der Waals surface area contributed by atoms with Gasteiger partial charge in [0.2, 0.25) is 0 Å². The summed E-state index contributed by atoms with van der Waals surface area (Å²) in [6.45, 7) is 8.64.